The number of hydrogen-bond acceptors (Lipinski definition) is 6. The van der Waals surface area contributed by atoms with Crippen LogP contribution in [-0.2, 0) is 16.0 Å². The van der Waals surface area contributed by atoms with Gasteiger partial charge in [0.15, 0.2) is 0 Å². The Kier molecular flexibility index (Phi) is 7.18. The van der Waals surface area contributed by atoms with E-state index in [-0.39, 0.29) is 30.0 Å². The maximum Gasteiger partial charge on any atom is 0.224 e. The molecule has 1 aromatic carbocycles. The van der Waals surface area contributed by atoms with Gasteiger partial charge in [0, 0.05) is 50.1 Å². The average molecular weight is 421 g/mol. The second-order valence-electron chi connectivity index (χ2n) is 7.89. The number of morpholine rings is 1. The standard InChI is InChI=1S/C21H29FN4O2S/c1-14(2)26(10-9-20(27)25-12-15(3)28-16(4)13-25)21-23-19(24-29-21)11-17-5-7-18(22)8-6-17/h5-8,14-16H,9-13H2,1-4H3/t15-,16-/m1/s1. The number of benzene rings is 1. The molecular weight excluding hydrogens is 391 g/mol. The van der Waals surface area contributed by atoms with Gasteiger partial charge in [-0.3, -0.25) is 4.79 Å². The predicted octanol–water partition coefficient (Wildman–Crippen LogP) is 3.51. The predicted molar refractivity (Wildman–Crippen MR) is 113 cm³/mol. The molecule has 2 atom stereocenters. The van der Waals surface area contributed by atoms with E-state index >= 15 is 0 Å². The SMILES string of the molecule is CC(C)N(CCC(=O)N1C[C@@H](C)O[C@H](C)C1)c1nc(Cc2ccc(F)cc2)ns1. The van der Waals surface area contributed by atoms with E-state index in [0.29, 0.717) is 38.3 Å². The summed E-state index contributed by atoms with van der Waals surface area (Å²) in [6.45, 7) is 10.1. The molecule has 2 aromatic rings. The molecule has 0 saturated carbocycles. The highest BCUT2D eigenvalue weighted by atomic mass is 32.1. The van der Waals surface area contributed by atoms with Crippen molar-refractivity contribution in [2.75, 3.05) is 24.5 Å². The van der Waals surface area contributed by atoms with E-state index in [1.165, 1.54) is 23.7 Å². The van der Waals surface area contributed by atoms with Crippen LogP contribution in [0.2, 0.25) is 0 Å². The highest BCUT2D eigenvalue weighted by Gasteiger charge is 2.26. The van der Waals surface area contributed by atoms with Crippen molar-refractivity contribution in [2.45, 2.75) is 58.8 Å². The molecule has 1 aromatic heterocycles. The topological polar surface area (TPSA) is 58.6 Å². The van der Waals surface area contributed by atoms with Crippen LogP contribution in [0.1, 0.15) is 45.5 Å². The summed E-state index contributed by atoms with van der Waals surface area (Å²) in [4.78, 5) is 21.4. The minimum atomic E-state index is -0.250. The molecule has 1 aliphatic rings. The van der Waals surface area contributed by atoms with Crippen molar-refractivity contribution in [3.63, 3.8) is 0 Å². The molecular formula is C21H29FN4O2S. The van der Waals surface area contributed by atoms with E-state index in [9.17, 15) is 9.18 Å². The third-order valence-electron chi connectivity index (χ3n) is 4.94. The van der Waals surface area contributed by atoms with E-state index in [0.717, 1.165) is 10.7 Å². The van der Waals surface area contributed by atoms with Gasteiger partial charge in [0.05, 0.1) is 12.2 Å². The van der Waals surface area contributed by atoms with Crippen LogP contribution >= 0.6 is 11.5 Å². The van der Waals surface area contributed by atoms with Gasteiger partial charge in [0.1, 0.15) is 11.6 Å². The van der Waals surface area contributed by atoms with Crippen molar-refractivity contribution in [1.29, 1.82) is 0 Å². The zero-order valence-electron chi connectivity index (χ0n) is 17.5. The van der Waals surface area contributed by atoms with Gasteiger partial charge in [-0.1, -0.05) is 12.1 Å². The zero-order chi connectivity index (χ0) is 21.0. The Bertz CT molecular complexity index is 801. The fourth-order valence-corrected chi connectivity index (χ4v) is 4.39. The highest BCUT2D eigenvalue weighted by molar-refractivity contribution is 7.09. The summed E-state index contributed by atoms with van der Waals surface area (Å²) in [5, 5.41) is 0.814. The normalized spacial score (nSPS) is 19.6. The summed E-state index contributed by atoms with van der Waals surface area (Å²) in [5.74, 6) is 0.610. The van der Waals surface area contributed by atoms with Crippen LogP contribution < -0.4 is 4.90 Å². The number of carbonyl (C=O) groups is 1. The summed E-state index contributed by atoms with van der Waals surface area (Å²) in [7, 11) is 0. The number of aromatic nitrogens is 2. The Labute approximate surface area is 175 Å². The van der Waals surface area contributed by atoms with Crippen molar-refractivity contribution in [3.8, 4) is 0 Å². The van der Waals surface area contributed by atoms with Crippen LogP contribution in [0, 0.1) is 5.82 Å². The van der Waals surface area contributed by atoms with Crippen molar-refractivity contribution >= 4 is 22.6 Å². The molecule has 1 fully saturated rings. The number of anilines is 1. The third-order valence-corrected chi connectivity index (χ3v) is 5.73. The van der Waals surface area contributed by atoms with Gasteiger partial charge >= 0.3 is 0 Å². The second kappa shape index (κ2) is 9.63. The molecule has 1 saturated heterocycles. The molecule has 3 rings (SSSR count). The Morgan fingerprint density at radius 1 is 1.28 bits per heavy atom. The minimum Gasteiger partial charge on any atom is -0.372 e. The van der Waals surface area contributed by atoms with Crippen LogP contribution in [0.5, 0.6) is 0 Å². The lowest BCUT2D eigenvalue weighted by Gasteiger charge is -2.36. The summed E-state index contributed by atoms with van der Waals surface area (Å²) >= 11 is 1.34. The number of hydrogen-bond donors (Lipinski definition) is 0. The molecule has 0 aliphatic carbocycles. The molecule has 158 valence electrons. The molecule has 2 heterocycles. The van der Waals surface area contributed by atoms with Gasteiger partial charge in [-0.05, 0) is 45.4 Å². The van der Waals surface area contributed by atoms with E-state index in [1.54, 1.807) is 12.1 Å². The van der Waals surface area contributed by atoms with Crippen LogP contribution in [0.4, 0.5) is 9.52 Å². The van der Waals surface area contributed by atoms with Gasteiger partial charge in [0.25, 0.3) is 0 Å². The first-order valence-electron chi connectivity index (χ1n) is 10.1. The quantitative estimate of drug-likeness (QED) is 0.686. The molecule has 0 spiro atoms. The maximum absolute atomic E-state index is 13.1. The zero-order valence-corrected chi connectivity index (χ0v) is 18.3. The maximum atomic E-state index is 13.1. The van der Waals surface area contributed by atoms with Gasteiger partial charge < -0.3 is 14.5 Å². The molecule has 0 unspecified atom stereocenters. The monoisotopic (exact) mass is 420 g/mol. The van der Waals surface area contributed by atoms with E-state index in [2.05, 4.69) is 28.1 Å². The number of ether oxygens (including phenoxy) is 1. The van der Waals surface area contributed by atoms with Crippen LogP contribution in [0.15, 0.2) is 24.3 Å². The lowest BCUT2D eigenvalue weighted by Crippen LogP contribution is -2.49. The van der Waals surface area contributed by atoms with Gasteiger partial charge in [0.2, 0.25) is 11.0 Å². The fourth-order valence-electron chi connectivity index (χ4n) is 3.55. The fraction of sp³-hybridized carbons (Fsp3) is 0.571. The summed E-state index contributed by atoms with van der Waals surface area (Å²) < 4.78 is 23.3. The summed E-state index contributed by atoms with van der Waals surface area (Å²) in [6.07, 6.45) is 1.14. The van der Waals surface area contributed by atoms with Gasteiger partial charge in [-0.25, -0.2) is 9.37 Å². The third kappa shape index (κ3) is 5.96. The number of carbonyl (C=O) groups excluding carboxylic acids is 1. The molecule has 1 amide bonds. The van der Waals surface area contributed by atoms with E-state index in [4.69, 9.17) is 4.74 Å². The van der Waals surface area contributed by atoms with Crippen molar-refractivity contribution < 1.29 is 13.9 Å². The Balaban J connectivity index is 1.60. The molecule has 0 N–H and O–H groups in total. The van der Waals surface area contributed by atoms with Crippen LogP contribution in [-0.4, -0.2) is 58.0 Å². The summed E-state index contributed by atoms with van der Waals surface area (Å²) in [6, 6.07) is 6.60. The Morgan fingerprint density at radius 3 is 2.55 bits per heavy atom. The average Bonchev–Trinajstić information content (AvgIpc) is 3.10. The molecule has 1 aliphatic heterocycles. The molecule has 6 nitrogen and oxygen atoms in total. The smallest absolute Gasteiger partial charge is 0.224 e. The Hall–Kier alpha value is -2.06. The summed E-state index contributed by atoms with van der Waals surface area (Å²) in [5.41, 5.74) is 0.970. The lowest BCUT2D eigenvalue weighted by atomic mass is 10.1. The lowest BCUT2D eigenvalue weighted by molar-refractivity contribution is -0.143. The second-order valence-corrected chi connectivity index (χ2v) is 8.62. The van der Waals surface area contributed by atoms with Crippen molar-refractivity contribution in [1.82, 2.24) is 14.3 Å². The van der Waals surface area contributed by atoms with Gasteiger partial charge in [-0.15, -0.1) is 0 Å². The number of amides is 1. The van der Waals surface area contributed by atoms with Crippen molar-refractivity contribution in [2.24, 2.45) is 0 Å². The Morgan fingerprint density at radius 2 is 1.93 bits per heavy atom. The van der Waals surface area contributed by atoms with E-state index < -0.39 is 0 Å². The first-order chi connectivity index (χ1) is 13.8. The molecule has 29 heavy (non-hydrogen) atoms. The molecule has 8 heteroatoms. The molecule has 0 bridgehead atoms. The van der Waals surface area contributed by atoms with Crippen LogP contribution in [0.25, 0.3) is 0 Å². The van der Waals surface area contributed by atoms with Gasteiger partial charge in [-0.2, -0.15) is 4.37 Å². The number of rotatable bonds is 7. The number of nitrogens with zero attached hydrogens (tertiary/aromatic N) is 4. The number of halogens is 1. The molecule has 0 radical (unpaired) electrons. The highest BCUT2D eigenvalue weighted by Crippen LogP contribution is 2.22. The largest absolute Gasteiger partial charge is 0.372 e. The first-order valence-corrected chi connectivity index (χ1v) is 10.9. The van der Waals surface area contributed by atoms with E-state index in [1.807, 2.05) is 18.7 Å². The van der Waals surface area contributed by atoms with Crippen molar-refractivity contribution in [3.05, 3.63) is 41.5 Å². The minimum absolute atomic E-state index is 0.0704. The first kappa shape index (κ1) is 21.6. The van der Waals surface area contributed by atoms with Crippen LogP contribution in [0.3, 0.4) is 0 Å².